The number of benzene rings is 1. The Bertz CT molecular complexity index is 710. The van der Waals surface area contributed by atoms with Crippen molar-refractivity contribution in [2.24, 2.45) is 4.99 Å². The Morgan fingerprint density at radius 2 is 1.88 bits per heavy atom. The Balaban J connectivity index is 3.14. The zero-order valence-electron chi connectivity index (χ0n) is 16.6. The van der Waals surface area contributed by atoms with Gasteiger partial charge in [-0.3, -0.25) is 4.99 Å². The van der Waals surface area contributed by atoms with Crippen molar-refractivity contribution in [2.45, 2.75) is 41.0 Å². The number of hydrogen-bond acceptors (Lipinski definition) is 4. The molecule has 0 saturated carbocycles. The quantitative estimate of drug-likeness (QED) is 0.255. The maximum absolute atomic E-state index is 4.24. The molecule has 0 spiro atoms. The Labute approximate surface area is 167 Å². The average molecular weight is 387 g/mol. The van der Waals surface area contributed by atoms with E-state index >= 15 is 0 Å². The number of rotatable bonds is 10. The summed E-state index contributed by atoms with van der Waals surface area (Å²) in [5.74, 6) is 0.992. The number of nitrogens with one attached hydrogen (secondary N) is 1. The maximum atomic E-state index is 4.24. The highest BCUT2D eigenvalue weighted by molar-refractivity contribution is 8.04. The highest BCUT2D eigenvalue weighted by atomic mass is 32.2. The van der Waals surface area contributed by atoms with Crippen LogP contribution < -0.4 is 4.72 Å². The molecule has 0 aliphatic heterocycles. The molecular formula is C22H30N2S2. The molecule has 1 N–H and O–H groups in total. The Kier molecular flexibility index (Phi) is 10.2. The standard InChI is InChI=1S/C22H30N2S2/c1-8-17(5)21(26-24-20-13-11-16(4)12-14-20)15-19(9-2)22(25-10-3)18(6)23-7/h9,11-15,24H,5,7-8,10H2,1-4,6H3/b19-9+,21-15+,22-18-. The highest BCUT2D eigenvalue weighted by Crippen LogP contribution is 2.34. The van der Waals surface area contributed by atoms with Gasteiger partial charge in [0.15, 0.2) is 0 Å². The van der Waals surface area contributed by atoms with Crippen LogP contribution in [0.5, 0.6) is 0 Å². The summed E-state index contributed by atoms with van der Waals surface area (Å²) in [6.45, 7) is 18.4. The van der Waals surface area contributed by atoms with Gasteiger partial charge in [0.25, 0.3) is 0 Å². The molecule has 0 amide bonds. The van der Waals surface area contributed by atoms with Gasteiger partial charge in [-0.25, -0.2) is 0 Å². The van der Waals surface area contributed by atoms with Crippen molar-refractivity contribution in [3.05, 3.63) is 75.2 Å². The maximum Gasteiger partial charge on any atom is 0.0506 e. The van der Waals surface area contributed by atoms with E-state index in [9.17, 15) is 0 Å². The number of aliphatic imine (C=N–C) groups is 1. The van der Waals surface area contributed by atoms with Gasteiger partial charge in [-0.2, -0.15) is 0 Å². The number of aryl methyl sites for hydroxylation is 1. The van der Waals surface area contributed by atoms with Gasteiger partial charge < -0.3 is 4.72 Å². The van der Waals surface area contributed by atoms with Gasteiger partial charge in [0, 0.05) is 15.5 Å². The summed E-state index contributed by atoms with van der Waals surface area (Å²) in [6.07, 6.45) is 5.23. The summed E-state index contributed by atoms with van der Waals surface area (Å²) in [5, 5.41) is 0. The molecule has 0 radical (unpaired) electrons. The van der Waals surface area contributed by atoms with E-state index in [-0.39, 0.29) is 0 Å². The SMILES string of the molecule is C=N/C(C)=C(SCC)/C(/C=C(/SNc1ccc(C)cc1)C(=C)CC)=C/C. The van der Waals surface area contributed by atoms with E-state index in [4.69, 9.17) is 0 Å². The summed E-state index contributed by atoms with van der Waals surface area (Å²) >= 11 is 3.40. The van der Waals surface area contributed by atoms with Crippen molar-refractivity contribution in [3.63, 3.8) is 0 Å². The third kappa shape index (κ3) is 6.93. The number of allylic oxidation sites excluding steroid dienone is 5. The lowest BCUT2D eigenvalue weighted by molar-refractivity contribution is 1.15. The zero-order valence-corrected chi connectivity index (χ0v) is 18.2. The minimum Gasteiger partial charge on any atom is -0.326 e. The van der Waals surface area contributed by atoms with Crippen LogP contribution in [0.15, 0.2) is 74.6 Å². The first kappa shape index (κ1) is 22.4. The monoisotopic (exact) mass is 386 g/mol. The molecule has 0 aromatic heterocycles. The van der Waals surface area contributed by atoms with Crippen LogP contribution in [0.25, 0.3) is 0 Å². The molecule has 0 saturated heterocycles. The minimum atomic E-state index is 0.907. The second-order valence-corrected chi connectivity index (χ2v) is 7.91. The number of hydrogen-bond donors (Lipinski definition) is 1. The van der Waals surface area contributed by atoms with E-state index < -0.39 is 0 Å². The third-order valence-corrected chi connectivity index (χ3v) is 5.89. The van der Waals surface area contributed by atoms with Gasteiger partial charge in [0.1, 0.15) is 0 Å². The minimum absolute atomic E-state index is 0.907. The normalized spacial score (nSPS) is 13.3. The number of nitrogens with zero attached hydrogens (tertiary/aromatic N) is 1. The number of anilines is 1. The molecule has 4 heteroatoms. The summed E-state index contributed by atoms with van der Waals surface area (Å²) in [6, 6.07) is 8.40. The summed E-state index contributed by atoms with van der Waals surface area (Å²) < 4.78 is 3.43. The van der Waals surface area contributed by atoms with Gasteiger partial charge in [0.2, 0.25) is 0 Å². The molecule has 0 bridgehead atoms. The molecule has 2 nitrogen and oxygen atoms in total. The van der Waals surface area contributed by atoms with Gasteiger partial charge in [-0.1, -0.05) is 44.2 Å². The van der Waals surface area contributed by atoms with E-state index in [1.54, 1.807) is 23.7 Å². The lowest BCUT2D eigenvalue weighted by Crippen LogP contribution is -1.94. The summed E-state index contributed by atoms with van der Waals surface area (Å²) in [7, 11) is 0. The predicted molar refractivity (Wildman–Crippen MR) is 124 cm³/mol. The lowest BCUT2D eigenvalue weighted by atomic mass is 10.1. The second kappa shape index (κ2) is 11.9. The van der Waals surface area contributed by atoms with Crippen LogP contribution >= 0.6 is 23.7 Å². The molecule has 0 heterocycles. The predicted octanol–water partition coefficient (Wildman–Crippen LogP) is 7.54. The second-order valence-electron chi connectivity index (χ2n) is 5.79. The van der Waals surface area contributed by atoms with Crippen molar-refractivity contribution in [1.29, 1.82) is 0 Å². The van der Waals surface area contributed by atoms with E-state index in [1.807, 2.05) is 6.92 Å². The molecule has 0 unspecified atom stereocenters. The van der Waals surface area contributed by atoms with Crippen molar-refractivity contribution in [1.82, 2.24) is 0 Å². The molecule has 26 heavy (non-hydrogen) atoms. The molecule has 0 aliphatic carbocycles. The highest BCUT2D eigenvalue weighted by Gasteiger charge is 2.10. The van der Waals surface area contributed by atoms with Crippen LogP contribution in [-0.2, 0) is 0 Å². The van der Waals surface area contributed by atoms with E-state index in [0.717, 1.165) is 39.6 Å². The van der Waals surface area contributed by atoms with Crippen molar-refractivity contribution in [2.75, 3.05) is 10.5 Å². The molecule has 1 aromatic carbocycles. The molecule has 0 atom stereocenters. The topological polar surface area (TPSA) is 24.4 Å². The van der Waals surface area contributed by atoms with Crippen LogP contribution in [0.2, 0.25) is 0 Å². The fourth-order valence-electron chi connectivity index (χ4n) is 2.15. The third-order valence-electron chi connectivity index (χ3n) is 3.82. The average Bonchev–Trinajstić information content (AvgIpc) is 2.67. The summed E-state index contributed by atoms with van der Waals surface area (Å²) in [5.41, 5.74) is 5.56. The van der Waals surface area contributed by atoms with Crippen LogP contribution in [-0.4, -0.2) is 12.5 Å². The van der Waals surface area contributed by atoms with Gasteiger partial charge in [-0.05, 0) is 81.0 Å². The Hall–Kier alpha value is -1.65. The van der Waals surface area contributed by atoms with Crippen LogP contribution in [0.1, 0.15) is 39.7 Å². The first-order chi connectivity index (χ1) is 12.5. The summed E-state index contributed by atoms with van der Waals surface area (Å²) in [4.78, 5) is 6.44. The molecule has 1 aromatic rings. The van der Waals surface area contributed by atoms with E-state index in [0.29, 0.717) is 0 Å². The first-order valence-corrected chi connectivity index (χ1v) is 10.6. The Morgan fingerprint density at radius 1 is 1.23 bits per heavy atom. The molecule has 0 aliphatic rings. The number of thioether (sulfide) groups is 1. The lowest BCUT2D eigenvalue weighted by Gasteiger charge is -2.14. The van der Waals surface area contributed by atoms with Crippen molar-refractivity contribution < 1.29 is 0 Å². The largest absolute Gasteiger partial charge is 0.326 e. The van der Waals surface area contributed by atoms with Crippen LogP contribution in [0, 0.1) is 6.92 Å². The van der Waals surface area contributed by atoms with Gasteiger partial charge in [0.05, 0.1) is 5.70 Å². The Morgan fingerprint density at radius 3 is 2.38 bits per heavy atom. The van der Waals surface area contributed by atoms with Crippen LogP contribution in [0.4, 0.5) is 5.69 Å². The molecule has 0 fully saturated rings. The fraction of sp³-hybridized carbons (Fsp3) is 0.318. The molecule has 140 valence electrons. The van der Waals surface area contributed by atoms with Gasteiger partial charge >= 0.3 is 0 Å². The first-order valence-electron chi connectivity index (χ1n) is 8.83. The van der Waals surface area contributed by atoms with Crippen LogP contribution in [0.3, 0.4) is 0 Å². The van der Waals surface area contributed by atoms with Crippen molar-refractivity contribution >= 4 is 36.1 Å². The fourth-order valence-corrected chi connectivity index (χ4v) is 3.89. The molecule has 1 rings (SSSR count). The van der Waals surface area contributed by atoms with E-state index in [2.05, 4.69) is 87.1 Å². The van der Waals surface area contributed by atoms with Gasteiger partial charge in [-0.15, -0.1) is 11.8 Å². The zero-order chi connectivity index (χ0) is 19.5. The van der Waals surface area contributed by atoms with Crippen molar-refractivity contribution in [3.8, 4) is 0 Å². The smallest absolute Gasteiger partial charge is 0.0506 e. The molecular weight excluding hydrogens is 356 g/mol. The van der Waals surface area contributed by atoms with E-state index in [1.165, 1.54) is 10.5 Å².